The molecular weight excluding hydrogens is 396 g/mol. The smallest absolute Gasteiger partial charge is 0.0243 e. The number of rotatable bonds is 9. The fraction of sp³-hybridized carbons (Fsp3) is 0.455. The van der Waals surface area contributed by atoms with Crippen LogP contribution in [0, 0.1) is 31.1 Å². The van der Waals surface area contributed by atoms with Crippen molar-refractivity contribution in [2.75, 3.05) is 0 Å². The summed E-state index contributed by atoms with van der Waals surface area (Å²) in [5.74, 6) is 1.17. The fourth-order valence-electron chi connectivity index (χ4n) is 5.18. The van der Waals surface area contributed by atoms with E-state index >= 15 is 0 Å². The monoisotopic (exact) mass is 440 g/mol. The van der Waals surface area contributed by atoms with Gasteiger partial charge in [-0.25, -0.2) is 0 Å². The van der Waals surface area contributed by atoms with E-state index in [1.807, 2.05) is 0 Å². The molecule has 0 saturated carbocycles. The lowest BCUT2D eigenvalue weighted by Gasteiger charge is -2.38. The predicted molar refractivity (Wildman–Crippen MR) is 146 cm³/mol. The lowest BCUT2D eigenvalue weighted by atomic mass is 9.65. The molecule has 1 aliphatic rings. The van der Waals surface area contributed by atoms with E-state index in [-0.39, 0.29) is 10.8 Å². The zero-order valence-electron chi connectivity index (χ0n) is 22.0. The molecule has 2 aromatic carbocycles. The van der Waals surface area contributed by atoms with Crippen molar-refractivity contribution in [1.82, 2.24) is 0 Å². The Bertz CT molecular complexity index is 1010. The molecule has 0 aromatic heterocycles. The molecule has 0 saturated heterocycles. The van der Waals surface area contributed by atoms with Crippen LogP contribution in [0.1, 0.15) is 81.7 Å². The molecule has 2 aromatic rings. The topological polar surface area (TPSA) is 0 Å². The van der Waals surface area contributed by atoms with Crippen molar-refractivity contribution >= 4 is 0 Å². The highest BCUT2D eigenvalue weighted by atomic mass is 14.4. The Morgan fingerprint density at radius 1 is 0.970 bits per heavy atom. The van der Waals surface area contributed by atoms with Gasteiger partial charge in [0.15, 0.2) is 0 Å². The van der Waals surface area contributed by atoms with Crippen LogP contribution in [0.15, 0.2) is 78.9 Å². The Labute approximate surface area is 203 Å². The van der Waals surface area contributed by atoms with Crippen molar-refractivity contribution in [1.29, 1.82) is 0 Å². The van der Waals surface area contributed by atoms with E-state index in [0.29, 0.717) is 11.8 Å². The maximum Gasteiger partial charge on any atom is 0.0243 e. The van der Waals surface area contributed by atoms with Gasteiger partial charge >= 0.3 is 0 Å². The summed E-state index contributed by atoms with van der Waals surface area (Å²) in [6.45, 7) is 20.3. The molecule has 0 nitrogen and oxygen atoms in total. The largest absolute Gasteiger partial charge is 0.103 e. The molecule has 0 fully saturated rings. The fourth-order valence-corrected chi connectivity index (χ4v) is 5.18. The van der Waals surface area contributed by atoms with Gasteiger partial charge in [-0.05, 0) is 80.4 Å². The molecule has 1 aliphatic carbocycles. The van der Waals surface area contributed by atoms with Crippen molar-refractivity contribution in [3.05, 3.63) is 107 Å². The van der Waals surface area contributed by atoms with Crippen molar-refractivity contribution < 1.29 is 0 Å². The van der Waals surface area contributed by atoms with Gasteiger partial charge in [-0.15, -0.1) is 6.58 Å². The number of hydrogen-bond donors (Lipinski definition) is 0. The van der Waals surface area contributed by atoms with E-state index in [2.05, 4.69) is 122 Å². The lowest BCUT2D eigenvalue weighted by molar-refractivity contribution is 0.248. The molecule has 3 rings (SSSR count). The minimum Gasteiger partial charge on any atom is -0.103 e. The summed E-state index contributed by atoms with van der Waals surface area (Å²) in [6.07, 6.45) is 13.5. The van der Waals surface area contributed by atoms with E-state index in [1.54, 1.807) is 0 Å². The first kappa shape index (κ1) is 25.3. The molecule has 0 amide bonds. The Morgan fingerprint density at radius 2 is 1.67 bits per heavy atom. The van der Waals surface area contributed by atoms with Gasteiger partial charge in [0.2, 0.25) is 0 Å². The summed E-state index contributed by atoms with van der Waals surface area (Å²) in [4.78, 5) is 0. The average molecular weight is 441 g/mol. The van der Waals surface area contributed by atoms with E-state index in [4.69, 9.17) is 0 Å². The zero-order valence-corrected chi connectivity index (χ0v) is 22.0. The van der Waals surface area contributed by atoms with E-state index < -0.39 is 0 Å². The number of hydrogen-bond acceptors (Lipinski definition) is 0. The van der Waals surface area contributed by atoms with Crippen molar-refractivity contribution in [3.8, 4) is 0 Å². The molecule has 176 valence electrons. The van der Waals surface area contributed by atoms with Crippen LogP contribution in [-0.2, 0) is 11.8 Å². The first-order valence-electron chi connectivity index (χ1n) is 12.7. The highest BCUT2D eigenvalue weighted by Crippen LogP contribution is 2.44. The van der Waals surface area contributed by atoms with E-state index in [9.17, 15) is 0 Å². The Morgan fingerprint density at radius 3 is 2.24 bits per heavy atom. The third-order valence-corrected chi connectivity index (χ3v) is 7.99. The van der Waals surface area contributed by atoms with Crippen LogP contribution >= 0.6 is 0 Å². The quantitative estimate of drug-likeness (QED) is 0.341. The molecule has 33 heavy (non-hydrogen) atoms. The Balaban J connectivity index is 2.14. The normalized spacial score (nSPS) is 18.2. The standard InChI is InChI=1S/C33H44/c1-9-18-33(30-16-12-26(5)13-17-30,23-28-14-10-25(4)11-15-28)31-20-27(6)19-29(21-31)22-32(7,8)24(2)3/h9-14,16-17,19-21,24,28H,1,15,18,22-23H2,2-8H3/t28?,33-/m0/s1. The first-order valence-corrected chi connectivity index (χ1v) is 12.7. The third kappa shape index (κ3) is 5.97. The average Bonchev–Trinajstić information content (AvgIpc) is 2.74. The van der Waals surface area contributed by atoms with Gasteiger partial charge in [0.1, 0.15) is 0 Å². The Kier molecular flexibility index (Phi) is 7.88. The highest BCUT2D eigenvalue weighted by Gasteiger charge is 2.36. The number of aryl methyl sites for hydroxylation is 2. The number of allylic oxidation sites excluding steroid dienone is 5. The van der Waals surface area contributed by atoms with E-state index in [1.165, 1.54) is 33.4 Å². The van der Waals surface area contributed by atoms with Crippen LogP contribution in [0.5, 0.6) is 0 Å². The van der Waals surface area contributed by atoms with Gasteiger partial charge in [-0.3, -0.25) is 0 Å². The summed E-state index contributed by atoms with van der Waals surface area (Å²) < 4.78 is 0. The predicted octanol–water partition coefficient (Wildman–Crippen LogP) is 9.30. The van der Waals surface area contributed by atoms with Gasteiger partial charge in [0.25, 0.3) is 0 Å². The van der Waals surface area contributed by atoms with Crippen LogP contribution in [0.4, 0.5) is 0 Å². The molecular formula is C33H44. The molecule has 0 heterocycles. The first-order chi connectivity index (χ1) is 15.6. The SMILES string of the molecule is C=CC[C@](CC1C=CC(C)=CC1)(c1ccc(C)cc1)c1cc(C)cc(CC(C)(C)C(C)C)c1. The Hall–Kier alpha value is -2.34. The summed E-state index contributed by atoms with van der Waals surface area (Å²) in [5.41, 5.74) is 8.55. The molecule has 0 N–H and O–H groups in total. The van der Waals surface area contributed by atoms with Crippen LogP contribution in [-0.4, -0.2) is 0 Å². The molecule has 0 aliphatic heterocycles. The second-order valence-electron chi connectivity index (χ2n) is 11.5. The zero-order chi connectivity index (χ0) is 24.2. The number of benzene rings is 2. The van der Waals surface area contributed by atoms with Crippen molar-refractivity contribution in [3.63, 3.8) is 0 Å². The van der Waals surface area contributed by atoms with Gasteiger partial charge in [0.05, 0.1) is 0 Å². The second kappa shape index (κ2) is 10.3. The van der Waals surface area contributed by atoms with Gasteiger partial charge in [0, 0.05) is 5.41 Å². The summed E-state index contributed by atoms with van der Waals surface area (Å²) in [7, 11) is 0. The van der Waals surface area contributed by atoms with Crippen LogP contribution in [0.25, 0.3) is 0 Å². The summed E-state index contributed by atoms with van der Waals surface area (Å²) >= 11 is 0. The van der Waals surface area contributed by atoms with Crippen LogP contribution < -0.4 is 0 Å². The summed E-state index contributed by atoms with van der Waals surface area (Å²) in [5, 5.41) is 0. The van der Waals surface area contributed by atoms with Gasteiger partial charge in [-0.2, -0.15) is 0 Å². The molecule has 1 unspecified atom stereocenters. The third-order valence-electron chi connectivity index (χ3n) is 7.99. The van der Waals surface area contributed by atoms with Crippen molar-refractivity contribution in [2.24, 2.45) is 17.3 Å². The maximum atomic E-state index is 4.22. The summed E-state index contributed by atoms with van der Waals surface area (Å²) in [6, 6.07) is 16.6. The van der Waals surface area contributed by atoms with Crippen LogP contribution in [0.2, 0.25) is 0 Å². The van der Waals surface area contributed by atoms with Crippen LogP contribution in [0.3, 0.4) is 0 Å². The molecule has 0 bridgehead atoms. The van der Waals surface area contributed by atoms with Crippen molar-refractivity contribution in [2.45, 2.75) is 79.6 Å². The van der Waals surface area contributed by atoms with Gasteiger partial charge < -0.3 is 0 Å². The highest BCUT2D eigenvalue weighted by molar-refractivity contribution is 5.45. The molecule has 0 radical (unpaired) electrons. The van der Waals surface area contributed by atoms with Gasteiger partial charge in [-0.1, -0.05) is 111 Å². The maximum absolute atomic E-state index is 4.22. The molecule has 0 heteroatoms. The minimum atomic E-state index is -0.0771. The van der Waals surface area contributed by atoms with E-state index in [0.717, 1.165) is 25.7 Å². The molecule has 2 atom stereocenters. The second-order valence-corrected chi connectivity index (χ2v) is 11.5. The lowest BCUT2D eigenvalue weighted by Crippen LogP contribution is -2.31. The minimum absolute atomic E-state index is 0.0771. The molecule has 0 spiro atoms.